The fourth-order valence-electron chi connectivity index (χ4n) is 3.17. The van der Waals surface area contributed by atoms with E-state index in [1.165, 1.54) is 50.5 Å². The van der Waals surface area contributed by atoms with Gasteiger partial charge in [0.05, 0.1) is 22.3 Å². The molecule has 2 aromatic rings. The maximum Gasteiger partial charge on any atom is 0.261 e. The summed E-state index contributed by atoms with van der Waals surface area (Å²) in [7, 11) is 2.76. The second-order valence-corrected chi connectivity index (χ2v) is 6.19. The number of fused-ring (bicyclic) bond motifs is 2. The lowest BCUT2D eigenvalue weighted by atomic mass is 9.96. The molecule has 28 heavy (non-hydrogen) atoms. The lowest BCUT2D eigenvalue weighted by Gasteiger charge is -2.04. The normalized spacial score (nSPS) is 14.7. The van der Waals surface area contributed by atoms with Gasteiger partial charge in [0.2, 0.25) is 0 Å². The summed E-state index contributed by atoms with van der Waals surface area (Å²) >= 11 is 0. The third-order valence-electron chi connectivity index (χ3n) is 4.70. The van der Waals surface area contributed by atoms with Crippen molar-refractivity contribution < 1.29 is 24.0 Å². The van der Waals surface area contributed by atoms with Crippen molar-refractivity contribution in [1.82, 2.24) is 9.80 Å². The van der Waals surface area contributed by atoms with E-state index < -0.39 is 29.4 Å². The van der Waals surface area contributed by atoms with Crippen LogP contribution in [0.3, 0.4) is 0 Å². The number of amides is 4. The number of benzene rings is 2. The van der Waals surface area contributed by atoms with Crippen LogP contribution in [0.2, 0.25) is 0 Å². The van der Waals surface area contributed by atoms with E-state index in [1.807, 2.05) is 13.8 Å². The lowest BCUT2D eigenvalue weighted by molar-refractivity contribution is 0.0678. The molecule has 7 nitrogen and oxygen atoms in total. The highest BCUT2D eigenvalue weighted by Gasteiger charge is 2.35. The Morgan fingerprint density at radius 3 is 1.29 bits per heavy atom. The molecule has 0 atom stereocenters. The first-order chi connectivity index (χ1) is 13.3. The first-order valence-corrected chi connectivity index (χ1v) is 8.79. The Kier molecular flexibility index (Phi) is 4.68. The molecule has 2 heterocycles. The Morgan fingerprint density at radius 1 is 0.607 bits per heavy atom. The Balaban J connectivity index is 0.00000109. The molecule has 2 aliphatic heterocycles. The number of rotatable bonds is 2. The van der Waals surface area contributed by atoms with Gasteiger partial charge in [-0.15, -0.1) is 0 Å². The maximum absolute atomic E-state index is 12.8. The Hall–Kier alpha value is -3.61. The minimum atomic E-state index is -0.462. The van der Waals surface area contributed by atoms with Gasteiger partial charge in [-0.3, -0.25) is 33.8 Å². The number of hydrogen-bond acceptors (Lipinski definition) is 5. The minimum absolute atomic E-state index is 0.176. The van der Waals surface area contributed by atoms with Gasteiger partial charge in [0.1, 0.15) is 0 Å². The molecule has 0 bridgehead atoms. The van der Waals surface area contributed by atoms with Crippen molar-refractivity contribution in [2.45, 2.75) is 13.8 Å². The average Bonchev–Trinajstić information content (AvgIpc) is 3.08. The smallest absolute Gasteiger partial charge is 0.261 e. The maximum atomic E-state index is 12.8. The quantitative estimate of drug-likeness (QED) is 0.591. The van der Waals surface area contributed by atoms with E-state index in [0.29, 0.717) is 0 Å². The molecule has 2 aliphatic rings. The Labute approximate surface area is 161 Å². The molecular weight excluding hydrogens is 360 g/mol. The molecule has 7 heteroatoms. The van der Waals surface area contributed by atoms with Crippen molar-refractivity contribution in [2.75, 3.05) is 14.1 Å². The van der Waals surface area contributed by atoms with Gasteiger partial charge < -0.3 is 0 Å². The zero-order valence-corrected chi connectivity index (χ0v) is 15.9. The zero-order chi connectivity index (χ0) is 20.7. The molecule has 142 valence electrons. The third-order valence-corrected chi connectivity index (χ3v) is 4.70. The lowest BCUT2D eigenvalue weighted by Crippen LogP contribution is -2.24. The zero-order valence-electron chi connectivity index (χ0n) is 15.9. The van der Waals surface area contributed by atoms with Crippen LogP contribution < -0.4 is 0 Å². The summed E-state index contributed by atoms with van der Waals surface area (Å²) in [6.07, 6.45) is 0. The van der Waals surface area contributed by atoms with Gasteiger partial charge in [0.15, 0.2) is 5.78 Å². The minimum Gasteiger partial charge on any atom is -0.289 e. The fraction of sp³-hybridized carbons (Fsp3) is 0.190. The van der Waals surface area contributed by atoms with Crippen LogP contribution in [0, 0.1) is 0 Å². The number of hydrogen-bond donors (Lipinski definition) is 0. The van der Waals surface area contributed by atoms with Crippen LogP contribution in [0.4, 0.5) is 0 Å². The molecule has 4 amide bonds. The summed E-state index contributed by atoms with van der Waals surface area (Å²) in [4.78, 5) is 62.8. The van der Waals surface area contributed by atoms with E-state index in [0.717, 1.165) is 9.80 Å². The van der Waals surface area contributed by atoms with Crippen molar-refractivity contribution >= 4 is 29.4 Å². The molecule has 0 N–H and O–H groups in total. The molecule has 0 saturated carbocycles. The van der Waals surface area contributed by atoms with E-state index in [-0.39, 0.29) is 33.4 Å². The topological polar surface area (TPSA) is 91.8 Å². The van der Waals surface area contributed by atoms with Crippen LogP contribution in [-0.4, -0.2) is 53.3 Å². The summed E-state index contributed by atoms with van der Waals surface area (Å²) in [6, 6.07) is 8.60. The van der Waals surface area contributed by atoms with Gasteiger partial charge in [0.25, 0.3) is 23.6 Å². The highest BCUT2D eigenvalue weighted by molar-refractivity contribution is 6.24. The van der Waals surface area contributed by atoms with Crippen LogP contribution in [0.1, 0.15) is 71.2 Å². The summed E-state index contributed by atoms with van der Waals surface area (Å²) < 4.78 is 0. The number of carbonyl (C=O) groups excluding carboxylic acids is 5. The molecule has 0 spiro atoms. The standard InChI is InChI=1S/C19H12N2O5.C2H6/c1-20-16(23)11-5-3-9(7-13(11)18(20)25)15(22)10-4-6-12-14(8-10)19(26)21(2)17(12)24;1-2/h3-8H,1-2H3;1-2H3. The Bertz CT molecular complexity index is 987. The SMILES string of the molecule is CC.CN1C(=O)c2ccc(C(=O)c3ccc4c(c3)C(=O)N(C)C4=O)cc2C1=O. The van der Waals surface area contributed by atoms with Gasteiger partial charge in [0, 0.05) is 25.2 Å². The predicted octanol–water partition coefficient (Wildman–Crippen LogP) is 2.40. The van der Waals surface area contributed by atoms with Crippen molar-refractivity contribution in [3.63, 3.8) is 0 Å². The number of carbonyl (C=O) groups is 5. The molecule has 0 radical (unpaired) electrons. The van der Waals surface area contributed by atoms with Gasteiger partial charge in [-0.2, -0.15) is 0 Å². The van der Waals surface area contributed by atoms with Gasteiger partial charge in [-0.05, 0) is 24.3 Å². The molecule has 0 aliphatic carbocycles. The predicted molar refractivity (Wildman–Crippen MR) is 101 cm³/mol. The largest absolute Gasteiger partial charge is 0.289 e. The first kappa shape index (κ1) is 19.2. The van der Waals surface area contributed by atoms with Crippen LogP contribution in [0.5, 0.6) is 0 Å². The van der Waals surface area contributed by atoms with Crippen molar-refractivity contribution in [3.8, 4) is 0 Å². The summed E-state index contributed by atoms with van der Waals surface area (Å²) in [5, 5.41) is 0. The monoisotopic (exact) mass is 378 g/mol. The van der Waals surface area contributed by atoms with Gasteiger partial charge >= 0.3 is 0 Å². The van der Waals surface area contributed by atoms with Crippen LogP contribution in [0.15, 0.2) is 36.4 Å². The second kappa shape index (κ2) is 6.84. The van der Waals surface area contributed by atoms with E-state index in [1.54, 1.807) is 0 Å². The van der Waals surface area contributed by atoms with E-state index in [2.05, 4.69) is 0 Å². The summed E-state index contributed by atoms with van der Waals surface area (Å²) in [5.41, 5.74) is 1.32. The number of imide groups is 2. The van der Waals surface area contributed by atoms with E-state index >= 15 is 0 Å². The molecule has 0 aromatic heterocycles. The van der Waals surface area contributed by atoms with Crippen LogP contribution >= 0.6 is 0 Å². The summed E-state index contributed by atoms with van der Waals surface area (Å²) in [6.45, 7) is 4.00. The molecule has 0 saturated heterocycles. The highest BCUT2D eigenvalue weighted by atomic mass is 16.2. The average molecular weight is 378 g/mol. The van der Waals surface area contributed by atoms with E-state index in [4.69, 9.17) is 0 Å². The molecule has 2 aromatic carbocycles. The van der Waals surface area contributed by atoms with Crippen molar-refractivity contribution in [3.05, 3.63) is 69.8 Å². The first-order valence-electron chi connectivity index (χ1n) is 8.79. The fourth-order valence-corrected chi connectivity index (χ4v) is 3.17. The van der Waals surface area contributed by atoms with Gasteiger partial charge in [-0.1, -0.05) is 26.0 Å². The number of nitrogens with zero attached hydrogens (tertiary/aromatic N) is 2. The Morgan fingerprint density at radius 2 is 0.929 bits per heavy atom. The molecular formula is C21H18N2O5. The van der Waals surface area contributed by atoms with Crippen LogP contribution in [-0.2, 0) is 0 Å². The van der Waals surface area contributed by atoms with Crippen molar-refractivity contribution in [1.29, 1.82) is 0 Å². The molecule has 0 fully saturated rings. The molecule has 4 rings (SSSR count). The summed E-state index contributed by atoms with van der Waals surface area (Å²) in [5.74, 6) is -2.14. The van der Waals surface area contributed by atoms with Gasteiger partial charge in [-0.25, -0.2) is 0 Å². The van der Waals surface area contributed by atoms with E-state index in [9.17, 15) is 24.0 Å². The molecule has 0 unspecified atom stereocenters. The third kappa shape index (κ3) is 2.63. The second-order valence-electron chi connectivity index (χ2n) is 6.19. The van der Waals surface area contributed by atoms with Crippen LogP contribution in [0.25, 0.3) is 0 Å². The highest BCUT2D eigenvalue weighted by Crippen LogP contribution is 2.26. The van der Waals surface area contributed by atoms with Crippen molar-refractivity contribution in [2.24, 2.45) is 0 Å². The number of ketones is 1.